The average Bonchev–Trinajstić information content (AvgIpc) is 2.46. The van der Waals surface area contributed by atoms with Crippen molar-refractivity contribution in [1.82, 2.24) is 4.98 Å². The molecule has 1 aromatic rings. The number of pyridine rings is 1. The molecule has 1 heterocycles. The Morgan fingerprint density at radius 2 is 2.20 bits per heavy atom. The third-order valence-electron chi connectivity index (χ3n) is 3.83. The fraction of sp³-hybridized carbons (Fsp3) is 0.615. The van der Waals surface area contributed by atoms with Crippen LogP contribution in [0.3, 0.4) is 0 Å². The van der Waals surface area contributed by atoms with Gasteiger partial charge in [0.1, 0.15) is 0 Å². The zero-order valence-electron chi connectivity index (χ0n) is 11.2. The Labute approximate surface area is 126 Å². The molecule has 110 valence electrons. The van der Waals surface area contributed by atoms with Gasteiger partial charge < -0.3 is 11.1 Å². The monoisotopic (exact) mass is 342 g/mol. The molecule has 3 N–H and O–H groups in total. The van der Waals surface area contributed by atoms with Crippen LogP contribution in [-0.4, -0.2) is 22.5 Å². The van der Waals surface area contributed by atoms with Gasteiger partial charge in [-0.2, -0.15) is 0 Å². The predicted molar refractivity (Wildman–Crippen MR) is 81.6 cm³/mol. The van der Waals surface area contributed by atoms with E-state index in [4.69, 9.17) is 5.73 Å². The van der Waals surface area contributed by atoms with Gasteiger partial charge in [-0.15, -0.1) is 0 Å². The molecule has 7 heteroatoms. The molecular weight excluding hydrogens is 324 g/mol. The van der Waals surface area contributed by atoms with Crippen molar-refractivity contribution in [2.45, 2.75) is 38.1 Å². The Kier molecular flexibility index (Phi) is 5.31. The number of nitrogens with one attached hydrogen (secondary N) is 1. The van der Waals surface area contributed by atoms with Crippen LogP contribution < -0.4 is 11.1 Å². The van der Waals surface area contributed by atoms with Gasteiger partial charge in [0.05, 0.1) is 4.92 Å². The van der Waals surface area contributed by atoms with Gasteiger partial charge in [0.15, 0.2) is 0 Å². The lowest BCUT2D eigenvalue weighted by Crippen LogP contribution is -2.37. The third kappa shape index (κ3) is 3.67. The molecule has 0 spiro atoms. The van der Waals surface area contributed by atoms with Crippen molar-refractivity contribution in [3.05, 3.63) is 26.9 Å². The second-order valence-corrected chi connectivity index (χ2v) is 6.08. The molecule has 1 fully saturated rings. The molecule has 20 heavy (non-hydrogen) atoms. The summed E-state index contributed by atoms with van der Waals surface area (Å²) in [5.74, 6) is 0.776. The molecule has 1 saturated carbocycles. The quantitative estimate of drug-likeness (QED) is 0.633. The lowest BCUT2D eigenvalue weighted by molar-refractivity contribution is -0.384. The van der Waals surface area contributed by atoms with Crippen LogP contribution in [0.15, 0.2) is 16.7 Å². The number of nitrogens with two attached hydrogens (primary N) is 1. The second-order valence-electron chi connectivity index (χ2n) is 5.16. The molecular formula is C13H19BrN4O2. The molecule has 1 aliphatic rings. The van der Waals surface area contributed by atoms with Gasteiger partial charge in [0.2, 0.25) is 5.82 Å². The van der Waals surface area contributed by atoms with E-state index in [1.54, 1.807) is 6.20 Å². The van der Waals surface area contributed by atoms with Crippen LogP contribution in [0.25, 0.3) is 0 Å². The summed E-state index contributed by atoms with van der Waals surface area (Å²) in [6.45, 7) is 0.458. The van der Waals surface area contributed by atoms with E-state index in [1.165, 1.54) is 25.3 Å². The van der Waals surface area contributed by atoms with Crippen molar-refractivity contribution in [2.24, 2.45) is 11.7 Å². The summed E-state index contributed by atoms with van der Waals surface area (Å²) in [4.78, 5) is 14.8. The van der Waals surface area contributed by atoms with E-state index in [-0.39, 0.29) is 11.7 Å². The van der Waals surface area contributed by atoms with E-state index in [0.29, 0.717) is 22.8 Å². The highest BCUT2D eigenvalue weighted by molar-refractivity contribution is 9.10. The fourth-order valence-electron chi connectivity index (χ4n) is 2.76. The van der Waals surface area contributed by atoms with Crippen LogP contribution >= 0.6 is 15.9 Å². The Morgan fingerprint density at radius 3 is 2.80 bits per heavy atom. The zero-order valence-corrected chi connectivity index (χ0v) is 12.8. The molecule has 0 aliphatic heterocycles. The summed E-state index contributed by atoms with van der Waals surface area (Å²) >= 11 is 3.21. The Balaban J connectivity index is 2.16. The van der Waals surface area contributed by atoms with Gasteiger partial charge in [-0.25, -0.2) is 4.98 Å². The highest BCUT2D eigenvalue weighted by atomic mass is 79.9. The minimum absolute atomic E-state index is 0.0198. The first-order valence-electron chi connectivity index (χ1n) is 6.88. The number of nitro groups is 1. The molecule has 6 nitrogen and oxygen atoms in total. The molecule has 0 aromatic carbocycles. The van der Waals surface area contributed by atoms with Crippen LogP contribution in [0.1, 0.15) is 32.1 Å². The number of nitrogens with zero attached hydrogens (tertiary/aromatic N) is 2. The SMILES string of the molecule is NCC(Nc1ncc(Br)cc1[N+](=O)[O-])C1CCCCC1. The molecule has 1 aliphatic carbocycles. The highest BCUT2D eigenvalue weighted by Crippen LogP contribution is 2.30. The van der Waals surface area contributed by atoms with Gasteiger partial charge in [-0.05, 0) is 34.7 Å². The molecule has 1 unspecified atom stereocenters. The zero-order chi connectivity index (χ0) is 14.5. The Hall–Kier alpha value is -1.21. The summed E-state index contributed by atoms with van der Waals surface area (Å²) in [5.41, 5.74) is 5.82. The first-order chi connectivity index (χ1) is 9.61. The summed E-state index contributed by atoms with van der Waals surface area (Å²) in [7, 11) is 0. The standard InChI is InChI=1S/C13H19BrN4O2/c14-10-6-12(18(19)20)13(16-8-10)17-11(7-15)9-4-2-1-3-5-9/h6,8-9,11H,1-5,7,15H2,(H,16,17). The van der Waals surface area contributed by atoms with Crippen LogP contribution in [-0.2, 0) is 0 Å². The average molecular weight is 343 g/mol. The number of hydrogen-bond acceptors (Lipinski definition) is 5. The summed E-state index contributed by atoms with van der Waals surface area (Å²) < 4.78 is 0.594. The molecule has 0 radical (unpaired) electrons. The maximum atomic E-state index is 11.1. The van der Waals surface area contributed by atoms with Crippen molar-refractivity contribution < 1.29 is 4.92 Å². The van der Waals surface area contributed by atoms with Gasteiger partial charge in [0.25, 0.3) is 0 Å². The lowest BCUT2D eigenvalue weighted by Gasteiger charge is -2.30. The highest BCUT2D eigenvalue weighted by Gasteiger charge is 2.25. The maximum Gasteiger partial charge on any atom is 0.312 e. The molecule has 1 aromatic heterocycles. The summed E-state index contributed by atoms with van der Waals surface area (Å²) in [6, 6.07) is 1.51. The second kappa shape index (κ2) is 6.99. The number of rotatable bonds is 5. The fourth-order valence-corrected chi connectivity index (χ4v) is 3.08. The minimum Gasteiger partial charge on any atom is -0.360 e. The van der Waals surface area contributed by atoms with Crippen molar-refractivity contribution >= 4 is 27.4 Å². The molecule has 0 amide bonds. The van der Waals surface area contributed by atoms with Gasteiger partial charge >= 0.3 is 5.69 Å². The van der Waals surface area contributed by atoms with Crippen molar-refractivity contribution in [3.8, 4) is 0 Å². The first kappa shape index (κ1) is 15.2. The number of halogens is 1. The Morgan fingerprint density at radius 1 is 1.50 bits per heavy atom. The van der Waals surface area contributed by atoms with Gasteiger partial charge in [-0.1, -0.05) is 19.3 Å². The van der Waals surface area contributed by atoms with Crippen molar-refractivity contribution in [1.29, 1.82) is 0 Å². The molecule has 1 atom stereocenters. The van der Waals surface area contributed by atoms with E-state index in [0.717, 1.165) is 12.8 Å². The summed E-state index contributed by atoms with van der Waals surface area (Å²) in [6.07, 6.45) is 7.49. The normalized spacial score (nSPS) is 17.7. The summed E-state index contributed by atoms with van der Waals surface area (Å²) in [5, 5.41) is 14.3. The number of hydrogen-bond donors (Lipinski definition) is 2. The van der Waals surface area contributed by atoms with Crippen LogP contribution in [0, 0.1) is 16.0 Å². The van der Waals surface area contributed by atoms with E-state index in [9.17, 15) is 10.1 Å². The van der Waals surface area contributed by atoms with Crippen LogP contribution in [0.2, 0.25) is 0 Å². The first-order valence-corrected chi connectivity index (χ1v) is 7.67. The third-order valence-corrected chi connectivity index (χ3v) is 4.26. The molecule has 0 bridgehead atoms. The molecule has 0 saturated heterocycles. The van der Waals surface area contributed by atoms with E-state index in [1.807, 2.05) is 0 Å². The van der Waals surface area contributed by atoms with E-state index >= 15 is 0 Å². The van der Waals surface area contributed by atoms with Gasteiger partial charge in [-0.3, -0.25) is 10.1 Å². The van der Waals surface area contributed by atoms with Gasteiger partial charge in [0, 0.05) is 29.3 Å². The smallest absolute Gasteiger partial charge is 0.312 e. The largest absolute Gasteiger partial charge is 0.360 e. The molecule has 2 rings (SSSR count). The van der Waals surface area contributed by atoms with Crippen LogP contribution in [0.5, 0.6) is 0 Å². The van der Waals surface area contributed by atoms with Crippen LogP contribution in [0.4, 0.5) is 11.5 Å². The maximum absolute atomic E-state index is 11.1. The number of aromatic nitrogens is 1. The predicted octanol–water partition coefficient (Wildman–Crippen LogP) is 3.07. The van der Waals surface area contributed by atoms with E-state index < -0.39 is 4.92 Å². The van der Waals surface area contributed by atoms with Crippen molar-refractivity contribution in [2.75, 3.05) is 11.9 Å². The van der Waals surface area contributed by atoms with Crippen molar-refractivity contribution in [3.63, 3.8) is 0 Å². The Bertz CT molecular complexity index is 477. The lowest BCUT2D eigenvalue weighted by atomic mass is 9.84. The minimum atomic E-state index is -0.422. The topological polar surface area (TPSA) is 94.1 Å². The number of anilines is 1. The van der Waals surface area contributed by atoms with E-state index in [2.05, 4.69) is 26.2 Å².